The number of methoxy groups -OCH3 is 1. The second kappa shape index (κ2) is 8.13. The third-order valence-electron chi connectivity index (χ3n) is 5.76. The first-order chi connectivity index (χ1) is 14.0. The number of piperidine rings is 1. The molecule has 1 aliphatic heterocycles. The SMILES string of the molecule is COCCS(=O)(=O)C1CCN(C(=O)c2ccc3cc4ccccc4cc3c2)CC1. The molecule has 0 saturated carbocycles. The third-order valence-corrected chi connectivity index (χ3v) is 7.98. The Morgan fingerprint density at radius 2 is 1.59 bits per heavy atom. The van der Waals surface area contributed by atoms with Crippen LogP contribution in [0.4, 0.5) is 0 Å². The maximum Gasteiger partial charge on any atom is 0.253 e. The molecule has 1 saturated heterocycles. The number of carbonyl (C=O) groups excluding carboxylic acids is 1. The molecule has 0 bridgehead atoms. The number of rotatable bonds is 5. The van der Waals surface area contributed by atoms with Gasteiger partial charge in [-0.3, -0.25) is 4.79 Å². The van der Waals surface area contributed by atoms with Gasteiger partial charge in [0.05, 0.1) is 17.6 Å². The molecule has 3 aromatic carbocycles. The molecule has 0 unspecified atom stereocenters. The van der Waals surface area contributed by atoms with Gasteiger partial charge in [-0.05, 0) is 58.7 Å². The average Bonchev–Trinajstić information content (AvgIpc) is 2.75. The Kier molecular flexibility index (Phi) is 5.56. The van der Waals surface area contributed by atoms with Crippen molar-refractivity contribution in [2.75, 3.05) is 32.6 Å². The van der Waals surface area contributed by atoms with E-state index in [-0.39, 0.29) is 23.5 Å². The van der Waals surface area contributed by atoms with E-state index in [0.717, 1.165) is 16.2 Å². The van der Waals surface area contributed by atoms with E-state index < -0.39 is 9.84 Å². The summed E-state index contributed by atoms with van der Waals surface area (Å²) in [6.07, 6.45) is 0.964. The zero-order valence-corrected chi connectivity index (χ0v) is 17.3. The van der Waals surface area contributed by atoms with Crippen molar-refractivity contribution in [3.63, 3.8) is 0 Å². The van der Waals surface area contributed by atoms with Gasteiger partial charge in [0.15, 0.2) is 9.84 Å². The zero-order valence-electron chi connectivity index (χ0n) is 16.5. The van der Waals surface area contributed by atoms with Crippen molar-refractivity contribution in [2.24, 2.45) is 0 Å². The third kappa shape index (κ3) is 4.14. The highest BCUT2D eigenvalue weighted by Gasteiger charge is 2.31. The molecule has 1 aliphatic rings. The van der Waals surface area contributed by atoms with Crippen LogP contribution >= 0.6 is 0 Å². The summed E-state index contributed by atoms with van der Waals surface area (Å²) < 4.78 is 29.6. The van der Waals surface area contributed by atoms with Gasteiger partial charge < -0.3 is 9.64 Å². The van der Waals surface area contributed by atoms with E-state index >= 15 is 0 Å². The Morgan fingerprint density at radius 3 is 2.24 bits per heavy atom. The molecule has 0 radical (unpaired) electrons. The van der Waals surface area contributed by atoms with Crippen LogP contribution in [0.1, 0.15) is 23.2 Å². The first-order valence-corrected chi connectivity index (χ1v) is 11.6. The van der Waals surface area contributed by atoms with Gasteiger partial charge in [0.1, 0.15) is 0 Å². The number of nitrogens with zero attached hydrogens (tertiary/aromatic N) is 1. The van der Waals surface area contributed by atoms with Gasteiger partial charge in [-0.1, -0.05) is 30.3 Å². The number of hydrogen-bond acceptors (Lipinski definition) is 4. The maximum absolute atomic E-state index is 13.0. The maximum atomic E-state index is 13.0. The van der Waals surface area contributed by atoms with E-state index in [1.165, 1.54) is 12.5 Å². The lowest BCUT2D eigenvalue weighted by molar-refractivity contribution is 0.0725. The van der Waals surface area contributed by atoms with E-state index in [9.17, 15) is 13.2 Å². The normalized spacial score (nSPS) is 15.8. The summed E-state index contributed by atoms with van der Waals surface area (Å²) in [6, 6.07) is 18.2. The second-order valence-corrected chi connectivity index (χ2v) is 10.0. The smallest absolute Gasteiger partial charge is 0.253 e. The number of ether oxygens (including phenoxy) is 1. The molecule has 0 atom stereocenters. The minimum Gasteiger partial charge on any atom is -0.384 e. The Hall–Kier alpha value is -2.44. The minimum absolute atomic E-state index is 0.0344. The van der Waals surface area contributed by atoms with Crippen LogP contribution in [0.3, 0.4) is 0 Å². The number of carbonyl (C=O) groups is 1. The van der Waals surface area contributed by atoms with Crippen molar-refractivity contribution >= 4 is 37.3 Å². The molecule has 0 spiro atoms. The lowest BCUT2D eigenvalue weighted by Crippen LogP contribution is -2.43. The summed E-state index contributed by atoms with van der Waals surface area (Å²) in [7, 11) is -1.67. The number of hydrogen-bond donors (Lipinski definition) is 0. The number of benzene rings is 3. The van der Waals surface area contributed by atoms with Crippen LogP contribution in [0.2, 0.25) is 0 Å². The van der Waals surface area contributed by atoms with Crippen LogP contribution in [-0.2, 0) is 14.6 Å². The monoisotopic (exact) mass is 411 g/mol. The van der Waals surface area contributed by atoms with Crippen LogP contribution in [-0.4, -0.2) is 57.0 Å². The fraction of sp³-hybridized carbons (Fsp3) is 0.348. The largest absolute Gasteiger partial charge is 0.384 e. The van der Waals surface area contributed by atoms with Crippen molar-refractivity contribution in [3.8, 4) is 0 Å². The molecule has 6 heteroatoms. The Morgan fingerprint density at radius 1 is 0.966 bits per heavy atom. The molecule has 1 amide bonds. The van der Waals surface area contributed by atoms with Gasteiger partial charge in [0, 0.05) is 25.8 Å². The number of sulfone groups is 1. The summed E-state index contributed by atoms with van der Waals surface area (Å²) in [6.45, 7) is 1.14. The summed E-state index contributed by atoms with van der Waals surface area (Å²) in [5.74, 6) is 0.00796. The fourth-order valence-corrected chi connectivity index (χ4v) is 5.70. The Balaban J connectivity index is 1.50. The van der Waals surface area contributed by atoms with Gasteiger partial charge in [0.2, 0.25) is 0 Å². The molecule has 1 heterocycles. The fourth-order valence-electron chi connectivity index (χ4n) is 4.04. The van der Waals surface area contributed by atoms with Crippen LogP contribution in [0.25, 0.3) is 21.5 Å². The molecule has 1 fully saturated rings. The van der Waals surface area contributed by atoms with E-state index in [1.54, 1.807) is 4.90 Å². The lowest BCUT2D eigenvalue weighted by atomic mass is 10.0. The van der Waals surface area contributed by atoms with E-state index in [4.69, 9.17) is 4.74 Å². The molecule has 3 aromatic rings. The summed E-state index contributed by atoms with van der Waals surface area (Å²) in [4.78, 5) is 14.8. The summed E-state index contributed by atoms with van der Waals surface area (Å²) in [5.41, 5.74) is 0.647. The number of fused-ring (bicyclic) bond motifs is 2. The molecule has 152 valence electrons. The Labute approximate surface area is 171 Å². The molecular formula is C23H25NO4S. The number of amides is 1. The average molecular weight is 412 g/mol. The summed E-state index contributed by atoms with van der Waals surface area (Å²) in [5, 5.41) is 4.07. The summed E-state index contributed by atoms with van der Waals surface area (Å²) >= 11 is 0. The van der Waals surface area contributed by atoms with Gasteiger partial charge in [-0.25, -0.2) is 8.42 Å². The van der Waals surface area contributed by atoms with Crippen molar-refractivity contribution < 1.29 is 17.9 Å². The van der Waals surface area contributed by atoms with Gasteiger partial charge in [-0.15, -0.1) is 0 Å². The van der Waals surface area contributed by atoms with Crippen LogP contribution in [0.15, 0.2) is 54.6 Å². The molecule has 29 heavy (non-hydrogen) atoms. The van der Waals surface area contributed by atoms with Crippen molar-refractivity contribution in [2.45, 2.75) is 18.1 Å². The van der Waals surface area contributed by atoms with Crippen molar-refractivity contribution in [1.29, 1.82) is 0 Å². The van der Waals surface area contributed by atoms with E-state index in [0.29, 0.717) is 31.5 Å². The Bertz CT molecular complexity index is 1150. The molecule has 0 N–H and O–H groups in total. The van der Waals surface area contributed by atoms with E-state index in [1.807, 2.05) is 30.3 Å². The van der Waals surface area contributed by atoms with Gasteiger partial charge in [-0.2, -0.15) is 0 Å². The molecule has 0 aromatic heterocycles. The zero-order chi connectivity index (χ0) is 20.4. The first-order valence-electron chi connectivity index (χ1n) is 9.90. The molecule has 5 nitrogen and oxygen atoms in total. The molecule has 0 aliphatic carbocycles. The number of likely N-dealkylation sites (tertiary alicyclic amines) is 1. The van der Waals surface area contributed by atoms with Crippen LogP contribution in [0, 0.1) is 0 Å². The quantitative estimate of drug-likeness (QED) is 0.601. The highest BCUT2D eigenvalue weighted by molar-refractivity contribution is 7.92. The van der Waals surface area contributed by atoms with Crippen molar-refractivity contribution in [1.82, 2.24) is 4.90 Å². The highest BCUT2D eigenvalue weighted by atomic mass is 32.2. The predicted molar refractivity (Wildman–Crippen MR) is 116 cm³/mol. The predicted octanol–water partition coefficient (Wildman–Crippen LogP) is 3.66. The van der Waals surface area contributed by atoms with Gasteiger partial charge >= 0.3 is 0 Å². The topological polar surface area (TPSA) is 63.7 Å². The minimum atomic E-state index is -3.17. The lowest BCUT2D eigenvalue weighted by Gasteiger charge is -2.31. The van der Waals surface area contributed by atoms with Crippen LogP contribution < -0.4 is 0 Å². The van der Waals surface area contributed by atoms with Crippen molar-refractivity contribution in [3.05, 3.63) is 60.2 Å². The molecular weight excluding hydrogens is 386 g/mol. The second-order valence-electron chi connectivity index (χ2n) is 7.61. The van der Waals surface area contributed by atoms with Gasteiger partial charge in [0.25, 0.3) is 5.91 Å². The molecule has 4 rings (SSSR count). The first kappa shape index (κ1) is 19.9. The standard InChI is InChI=1S/C23H25NO4S/c1-28-12-13-29(26,27)22-8-10-24(11-9-22)23(25)20-7-6-19-14-17-4-2-3-5-18(17)15-21(19)16-20/h2-7,14-16,22H,8-13H2,1H3. The highest BCUT2D eigenvalue weighted by Crippen LogP contribution is 2.25. The van der Waals surface area contributed by atoms with Crippen LogP contribution in [0.5, 0.6) is 0 Å². The van der Waals surface area contributed by atoms with E-state index in [2.05, 4.69) is 24.3 Å².